The smallest absolute Gasteiger partial charge is 0.251 e. The van der Waals surface area contributed by atoms with E-state index in [1.807, 2.05) is 43.3 Å². The summed E-state index contributed by atoms with van der Waals surface area (Å²) in [5, 5.41) is 6.40. The van der Waals surface area contributed by atoms with E-state index in [1.54, 1.807) is 23.9 Å². The number of rotatable bonds is 9. The van der Waals surface area contributed by atoms with Crippen LogP contribution in [0.2, 0.25) is 5.02 Å². The van der Waals surface area contributed by atoms with E-state index in [2.05, 4.69) is 10.6 Å². The summed E-state index contributed by atoms with van der Waals surface area (Å²) in [4.78, 5) is 24.8. The van der Waals surface area contributed by atoms with Crippen LogP contribution >= 0.6 is 23.4 Å². The maximum absolute atomic E-state index is 11.9. The molecule has 6 heteroatoms. The van der Waals surface area contributed by atoms with Gasteiger partial charge in [0.05, 0.1) is 0 Å². The topological polar surface area (TPSA) is 58.2 Å². The van der Waals surface area contributed by atoms with Crippen molar-refractivity contribution in [1.82, 2.24) is 10.6 Å². The Morgan fingerprint density at radius 1 is 1.00 bits per heavy atom. The van der Waals surface area contributed by atoms with Crippen LogP contribution in [-0.4, -0.2) is 24.1 Å². The van der Waals surface area contributed by atoms with E-state index in [4.69, 9.17) is 11.6 Å². The number of halogens is 1. The van der Waals surface area contributed by atoms with Crippen LogP contribution in [-0.2, 0) is 11.3 Å². The molecule has 0 atom stereocenters. The van der Waals surface area contributed by atoms with Crippen molar-refractivity contribution in [3.63, 3.8) is 0 Å². The molecule has 0 aromatic heterocycles. The van der Waals surface area contributed by atoms with Gasteiger partial charge in [-0.3, -0.25) is 9.59 Å². The van der Waals surface area contributed by atoms with Crippen molar-refractivity contribution in [2.45, 2.75) is 31.2 Å². The van der Waals surface area contributed by atoms with Crippen LogP contribution in [0, 0.1) is 0 Å². The van der Waals surface area contributed by atoms with Gasteiger partial charge in [0.25, 0.3) is 5.91 Å². The molecule has 0 aliphatic rings. The van der Waals surface area contributed by atoms with Gasteiger partial charge in [0.1, 0.15) is 0 Å². The second kappa shape index (κ2) is 10.9. The molecule has 0 fully saturated rings. The number of carbonyl (C=O) groups excluding carboxylic acids is 2. The second-order valence-electron chi connectivity index (χ2n) is 5.74. The van der Waals surface area contributed by atoms with E-state index in [0.29, 0.717) is 25.1 Å². The number of amides is 2. The zero-order chi connectivity index (χ0) is 18.8. The van der Waals surface area contributed by atoms with E-state index < -0.39 is 0 Å². The molecule has 0 saturated heterocycles. The molecule has 0 spiro atoms. The van der Waals surface area contributed by atoms with Gasteiger partial charge in [-0.1, -0.05) is 23.7 Å². The van der Waals surface area contributed by atoms with Crippen molar-refractivity contribution in [2.75, 3.05) is 12.3 Å². The first-order valence-electron chi connectivity index (χ1n) is 8.60. The maximum Gasteiger partial charge on any atom is 0.251 e. The predicted octanol–water partition coefficient (Wildman–Crippen LogP) is 4.28. The number of hydrogen-bond acceptors (Lipinski definition) is 3. The summed E-state index contributed by atoms with van der Waals surface area (Å²) in [5.41, 5.74) is 1.60. The van der Waals surface area contributed by atoms with Crippen molar-refractivity contribution in [3.8, 4) is 0 Å². The third-order valence-electron chi connectivity index (χ3n) is 3.67. The molecule has 2 aromatic carbocycles. The van der Waals surface area contributed by atoms with Gasteiger partial charge in [-0.2, -0.15) is 0 Å². The number of carbonyl (C=O) groups is 2. The number of benzene rings is 2. The molecule has 0 heterocycles. The highest BCUT2D eigenvalue weighted by molar-refractivity contribution is 7.99. The largest absolute Gasteiger partial charge is 0.352 e. The Labute approximate surface area is 163 Å². The van der Waals surface area contributed by atoms with Gasteiger partial charge >= 0.3 is 0 Å². The van der Waals surface area contributed by atoms with Crippen molar-refractivity contribution in [2.24, 2.45) is 0 Å². The fourth-order valence-electron chi connectivity index (χ4n) is 2.28. The molecule has 0 bridgehead atoms. The second-order valence-corrected chi connectivity index (χ2v) is 7.34. The fourth-order valence-corrected chi connectivity index (χ4v) is 3.26. The minimum absolute atomic E-state index is 0.0366. The monoisotopic (exact) mass is 390 g/mol. The minimum atomic E-state index is -0.0822. The molecule has 26 heavy (non-hydrogen) atoms. The highest BCUT2D eigenvalue weighted by Gasteiger charge is 2.05. The van der Waals surface area contributed by atoms with Gasteiger partial charge in [-0.25, -0.2) is 0 Å². The lowest BCUT2D eigenvalue weighted by Crippen LogP contribution is -2.23. The quantitative estimate of drug-likeness (QED) is 0.496. The van der Waals surface area contributed by atoms with E-state index >= 15 is 0 Å². The highest BCUT2D eigenvalue weighted by atomic mass is 35.5. The van der Waals surface area contributed by atoms with Crippen molar-refractivity contribution in [3.05, 3.63) is 64.7 Å². The van der Waals surface area contributed by atoms with Crippen LogP contribution in [0.4, 0.5) is 0 Å². The molecule has 0 unspecified atom stereocenters. The van der Waals surface area contributed by atoms with Crippen molar-refractivity contribution < 1.29 is 9.59 Å². The van der Waals surface area contributed by atoms with Gasteiger partial charge in [0.15, 0.2) is 0 Å². The highest BCUT2D eigenvalue weighted by Crippen LogP contribution is 2.21. The first kappa shape index (κ1) is 20.3. The Morgan fingerprint density at radius 2 is 1.69 bits per heavy atom. The predicted molar refractivity (Wildman–Crippen MR) is 108 cm³/mol. The lowest BCUT2D eigenvalue weighted by atomic mass is 10.1. The molecule has 2 N–H and O–H groups in total. The molecule has 0 aliphatic heterocycles. The molecule has 4 nitrogen and oxygen atoms in total. The molecule has 138 valence electrons. The van der Waals surface area contributed by atoms with Crippen LogP contribution < -0.4 is 10.6 Å². The van der Waals surface area contributed by atoms with E-state index in [9.17, 15) is 9.59 Å². The zero-order valence-electron chi connectivity index (χ0n) is 14.8. The van der Waals surface area contributed by atoms with E-state index in [0.717, 1.165) is 27.7 Å². The summed E-state index contributed by atoms with van der Waals surface area (Å²) in [7, 11) is 0. The van der Waals surface area contributed by atoms with E-state index in [-0.39, 0.29) is 11.8 Å². The minimum Gasteiger partial charge on any atom is -0.352 e. The molecule has 0 saturated carbocycles. The normalized spacial score (nSPS) is 10.4. The van der Waals surface area contributed by atoms with Crippen LogP contribution in [0.25, 0.3) is 0 Å². The molecule has 0 radical (unpaired) electrons. The Kier molecular flexibility index (Phi) is 8.51. The first-order chi connectivity index (χ1) is 12.6. The molecule has 2 rings (SSSR count). The first-order valence-corrected chi connectivity index (χ1v) is 9.97. The van der Waals surface area contributed by atoms with Crippen LogP contribution in [0.3, 0.4) is 0 Å². The van der Waals surface area contributed by atoms with Crippen LogP contribution in [0.5, 0.6) is 0 Å². The number of nitrogens with one attached hydrogen (secondary N) is 2. The lowest BCUT2D eigenvalue weighted by molar-refractivity contribution is -0.121. The number of thioether (sulfide) groups is 1. The van der Waals surface area contributed by atoms with Crippen molar-refractivity contribution >= 4 is 35.2 Å². The van der Waals surface area contributed by atoms with E-state index in [1.165, 1.54) is 0 Å². The summed E-state index contributed by atoms with van der Waals surface area (Å²) in [5.74, 6) is 0.840. The van der Waals surface area contributed by atoms with Gasteiger partial charge in [-0.15, -0.1) is 11.8 Å². The summed E-state index contributed by atoms with van der Waals surface area (Å²) in [6.07, 6.45) is 1.31. The molecule has 2 aromatic rings. The maximum atomic E-state index is 11.9. The molecular formula is C20H23ClN2O2S. The summed E-state index contributed by atoms with van der Waals surface area (Å²) in [6.45, 7) is 2.96. The molecule has 0 aliphatic carbocycles. The van der Waals surface area contributed by atoms with Gasteiger partial charge in [-0.05, 0) is 61.1 Å². The Balaban J connectivity index is 1.65. The summed E-state index contributed by atoms with van der Waals surface area (Å²) >= 11 is 7.57. The fraction of sp³-hybridized carbons (Fsp3) is 0.300. The summed E-state index contributed by atoms with van der Waals surface area (Å²) in [6, 6.07) is 15.0. The lowest BCUT2D eigenvalue weighted by Gasteiger charge is -2.07. The van der Waals surface area contributed by atoms with Gasteiger partial charge in [0, 0.05) is 35.0 Å². The average Bonchev–Trinajstić information content (AvgIpc) is 2.65. The third-order valence-corrected chi connectivity index (χ3v) is 5.02. The van der Waals surface area contributed by atoms with Gasteiger partial charge < -0.3 is 10.6 Å². The van der Waals surface area contributed by atoms with Crippen LogP contribution in [0.15, 0.2) is 53.4 Å². The SMILES string of the molecule is CCNC(=O)c1ccc(CNC(=O)CCCSc2ccc(Cl)cc2)cc1. The standard InChI is InChI=1S/C20H23ClN2O2S/c1-2-22-20(25)16-7-5-15(6-8-16)14-23-19(24)4-3-13-26-18-11-9-17(21)10-12-18/h5-12H,2-4,13-14H2,1H3,(H,22,25)(H,23,24). The molecule has 2 amide bonds. The van der Waals surface area contributed by atoms with Gasteiger partial charge in [0.2, 0.25) is 5.91 Å². The average molecular weight is 391 g/mol. The zero-order valence-corrected chi connectivity index (χ0v) is 16.3. The Morgan fingerprint density at radius 3 is 2.35 bits per heavy atom. The molecular weight excluding hydrogens is 368 g/mol. The van der Waals surface area contributed by atoms with Crippen LogP contribution in [0.1, 0.15) is 35.7 Å². The number of hydrogen-bond donors (Lipinski definition) is 2. The van der Waals surface area contributed by atoms with Crippen molar-refractivity contribution in [1.29, 1.82) is 0 Å². The third kappa shape index (κ3) is 7.10. The Bertz CT molecular complexity index is 718. The summed E-state index contributed by atoms with van der Waals surface area (Å²) < 4.78 is 0. The Hall–Kier alpha value is -1.98.